The summed E-state index contributed by atoms with van der Waals surface area (Å²) in [6.45, 7) is 4.12. The van der Waals surface area contributed by atoms with Gasteiger partial charge in [-0.15, -0.1) is 0 Å². The lowest BCUT2D eigenvalue weighted by Gasteiger charge is -2.08. The number of carbonyl (C=O) groups is 1. The normalized spacial score (nSPS) is 11.2. The van der Waals surface area contributed by atoms with Crippen molar-refractivity contribution in [2.24, 2.45) is 10.9 Å². The molecule has 148 valence electrons. The van der Waals surface area contributed by atoms with Gasteiger partial charge >= 0.3 is 5.97 Å². The van der Waals surface area contributed by atoms with Gasteiger partial charge in [-0.25, -0.2) is 4.79 Å². The van der Waals surface area contributed by atoms with E-state index in [1.54, 1.807) is 24.3 Å². The molecule has 0 bridgehead atoms. The van der Waals surface area contributed by atoms with Crippen molar-refractivity contribution in [3.8, 4) is 5.75 Å². The maximum Gasteiger partial charge on any atom is 0.366 e. The molecule has 0 radical (unpaired) electrons. The van der Waals surface area contributed by atoms with Gasteiger partial charge in [0.25, 0.3) is 0 Å². The second-order valence-electron chi connectivity index (χ2n) is 6.56. The molecule has 29 heavy (non-hydrogen) atoms. The van der Waals surface area contributed by atoms with E-state index in [2.05, 4.69) is 5.16 Å². The van der Waals surface area contributed by atoms with E-state index in [9.17, 15) is 4.79 Å². The zero-order valence-electron chi connectivity index (χ0n) is 16.2. The predicted molar refractivity (Wildman–Crippen MR) is 114 cm³/mol. The van der Waals surface area contributed by atoms with Gasteiger partial charge in [-0.1, -0.05) is 47.1 Å². The highest BCUT2D eigenvalue weighted by atomic mass is 35.5. The number of carbonyl (C=O) groups excluding carboxylic acids is 1. The van der Waals surface area contributed by atoms with Crippen LogP contribution in [0.15, 0.2) is 71.9 Å². The van der Waals surface area contributed by atoms with Crippen LogP contribution in [0, 0.1) is 13.8 Å². The Labute approximate surface area is 174 Å². The van der Waals surface area contributed by atoms with Crippen molar-refractivity contribution in [3.05, 3.63) is 99.6 Å². The van der Waals surface area contributed by atoms with Crippen molar-refractivity contribution < 1.29 is 14.4 Å². The van der Waals surface area contributed by atoms with Crippen LogP contribution in [0.1, 0.15) is 32.6 Å². The summed E-state index contributed by atoms with van der Waals surface area (Å²) in [5, 5.41) is 4.46. The Morgan fingerprint density at radius 1 is 0.966 bits per heavy atom. The third-order valence-electron chi connectivity index (χ3n) is 4.38. The molecular formula is C23H21ClN2O3. The summed E-state index contributed by atoms with van der Waals surface area (Å²) in [4.78, 5) is 17.3. The number of halogens is 1. The Morgan fingerprint density at radius 3 is 2.21 bits per heavy atom. The van der Waals surface area contributed by atoms with Crippen LogP contribution in [0.3, 0.4) is 0 Å². The summed E-state index contributed by atoms with van der Waals surface area (Å²) in [7, 11) is 0. The summed E-state index contributed by atoms with van der Waals surface area (Å²) in [6, 6.07) is 20.1. The predicted octanol–water partition coefficient (Wildman–Crippen LogP) is 5.01. The molecule has 0 aliphatic carbocycles. The Balaban J connectivity index is 1.61. The monoisotopic (exact) mass is 408 g/mol. The molecule has 3 aromatic rings. The zero-order valence-corrected chi connectivity index (χ0v) is 16.9. The molecule has 0 aromatic heterocycles. The molecule has 0 atom stereocenters. The number of hydrogen-bond acceptors (Lipinski definition) is 4. The lowest BCUT2D eigenvalue weighted by molar-refractivity contribution is 0.0514. The molecule has 0 saturated carbocycles. The summed E-state index contributed by atoms with van der Waals surface area (Å²) >= 11 is 5.88. The number of amidine groups is 1. The van der Waals surface area contributed by atoms with Gasteiger partial charge in [0, 0.05) is 10.6 Å². The number of nitrogens with zero attached hydrogens (tertiary/aromatic N) is 1. The molecule has 3 rings (SSSR count). The van der Waals surface area contributed by atoms with E-state index in [1.165, 1.54) is 0 Å². The summed E-state index contributed by atoms with van der Waals surface area (Å²) in [6.07, 6.45) is 0. The highest BCUT2D eigenvalue weighted by Gasteiger charge is 2.14. The number of benzene rings is 3. The minimum atomic E-state index is -0.536. The van der Waals surface area contributed by atoms with E-state index in [-0.39, 0.29) is 5.84 Å². The quantitative estimate of drug-likeness (QED) is 0.269. The number of oxime groups is 1. The lowest BCUT2D eigenvalue weighted by atomic mass is 10.0. The number of aryl methyl sites for hydroxylation is 2. The van der Waals surface area contributed by atoms with Gasteiger partial charge in [-0.05, 0) is 66.9 Å². The standard InChI is InChI=1S/C23H21ClN2O3/c1-15-4-3-5-16(2)21(15)23(27)29-26-22(25)18-8-12-20(13-9-18)28-14-17-6-10-19(24)11-7-17/h3-13H,14H2,1-2H3,(H2,25,26). The number of rotatable bonds is 6. The molecular weight excluding hydrogens is 388 g/mol. The van der Waals surface area contributed by atoms with Gasteiger partial charge in [0.2, 0.25) is 0 Å². The van der Waals surface area contributed by atoms with E-state index < -0.39 is 5.97 Å². The third kappa shape index (κ3) is 5.36. The molecule has 0 unspecified atom stereocenters. The molecule has 0 fully saturated rings. The molecule has 5 nitrogen and oxygen atoms in total. The van der Waals surface area contributed by atoms with Crippen LogP contribution in [-0.4, -0.2) is 11.8 Å². The Morgan fingerprint density at radius 2 is 1.59 bits per heavy atom. The van der Waals surface area contributed by atoms with Gasteiger partial charge in [0.1, 0.15) is 12.4 Å². The highest BCUT2D eigenvalue weighted by molar-refractivity contribution is 6.30. The second kappa shape index (κ2) is 9.26. The van der Waals surface area contributed by atoms with Crippen molar-refractivity contribution in [2.75, 3.05) is 0 Å². The average Bonchev–Trinajstić information content (AvgIpc) is 2.72. The van der Waals surface area contributed by atoms with Crippen LogP contribution < -0.4 is 10.5 Å². The Bertz CT molecular complexity index is 1010. The Kier molecular flexibility index (Phi) is 6.52. The van der Waals surface area contributed by atoms with Crippen LogP contribution in [0.25, 0.3) is 0 Å². The summed E-state index contributed by atoms with van der Waals surface area (Å²) < 4.78 is 5.74. The molecule has 0 heterocycles. The second-order valence-corrected chi connectivity index (χ2v) is 7.00. The first-order valence-electron chi connectivity index (χ1n) is 9.03. The number of hydrogen-bond donors (Lipinski definition) is 1. The SMILES string of the molecule is Cc1cccc(C)c1C(=O)O/N=C(/N)c1ccc(OCc2ccc(Cl)cc2)cc1. The largest absolute Gasteiger partial charge is 0.489 e. The van der Waals surface area contributed by atoms with Crippen LogP contribution in [0.2, 0.25) is 5.02 Å². The van der Waals surface area contributed by atoms with Crippen molar-refractivity contribution >= 4 is 23.4 Å². The van der Waals surface area contributed by atoms with Crippen molar-refractivity contribution in [1.82, 2.24) is 0 Å². The first kappa shape index (κ1) is 20.4. The van der Waals surface area contributed by atoms with Crippen LogP contribution in [0.5, 0.6) is 5.75 Å². The number of ether oxygens (including phenoxy) is 1. The third-order valence-corrected chi connectivity index (χ3v) is 4.63. The van der Waals surface area contributed by atoms with E-state index in [1.807, 2.05) is 56.3 Å². The van der Waals surface area contributed by atoms with Crippen molar-refractivity contribution in [2.45, 2.75) is 20.5 Å². The molecule has 0 saturated heterocycles. The van der Waals surface area contributed by atoms with Gasteiger partial charge in [-0.2, -0.15) is 0 Å². The summed E-state index contributed by atoms with van der Waals surface area (Å²) in [5.41, 5.74) is 9.73. The smallest absolute Gasteiger partial charge is 0.366 e. The Hall–Kier alpha value is -3.31. The van der Waals surface area contributed by atoms with Gasteiger partial charge in [0.05, 0.1) is 5.56 Å². The van der Waals surface area contributed by atoms with Gasteiger partial charge in [0.15, 0.2) is 5.84 Å². The molecule has 6 heteroatoms. The molecule has 2 N–H and O–H groups in total. The van der Waals surface area contributed by atoms with Crippen molar-refractivity contribution in [1.29, 1.82) is 0 Å². The first-order chi connectivity index (χ1) is 13.9. The minimum Gasteiger partial charge on any atom is -0.489 e. The molecule has 0 aliphatic rings. The average molecular weight is 409 g/mol. The van der Waals surface area contributed by atoms with E-state index >= 15 is 0 Å². The van der Waals surface area contributed by atoms with Crippen LogP contribution >= 0.6 is 11.6 Å². The molecule has 0 aliphatic heterocycles. The minimum absolute atomic E-state index is 0.105. The van der Waals surface area contributed by atoms with E-state index in [0.29, 0.717) is 28.5 Å². The number of nitrogens with two attached hydrogens (primary N) is 1. The van der Waals surface area contributed by atoms with Crippen molar-refractivity contribution in [3.63, 3.8) is 0 Å². The van der Waals surface area contributed by atoms with E-state index in [4.69, 9.17) is 26.9 Å². The highest BCUT2D eigenvalue weighted by Crippen LogP contribution is 2.17. The lowest BCUT2D eigenvalue weighted by Crippen LogP contribution is -2.16. The van der Waals surface area contributed by atoms with Crippen LogP contribution in [-0.2, 0) is 11.4 Å². The maximum atomic E-state index is 12.3. The fraction of sp³-hybridized carbons (Fsp3) is 0.130. The van der Waals surface area contributed by atoms with Crippen LogP contribution in [0.4, 0.5) is 0 Å². The van der Waals surface area contributed by atoms with E-state index in [0.717, 1.165) is 16.7 Å². The topological polar surface area (TPSA) is 73.9 Å². The summed E-state index contributed by atoms with van der Waals surface area (Å²) in [5.74, 6) is 0.254. The first-order valence-corrected chi connectivity index (χ1v) is 9.40. The van der Waals surface area contributed by atoms with Gasteiger partial charge < -0.3 is 15.3 Å². The molecule has 0 spiro atoms. The fourth-order valence-corrected chi connectivity index (χ4v) is 2.92. The van der Waals surface area contributed by atoms with Gasteiger partial charge in [-0.3, -0.25) is 0 Å². The molecule has 0 amide bonds. The zero-order chi connectivity index (χ0) is 20.8. The maximum absolute atomic E-state index is 12.3. The fourth-order valence-electron chi connectivity index (χ4n) is 2.79. The molecule has 3 aromatic carbocycles.